The van der Waals surface area contributed by atoms with Gasteiger partial charge in [0.15, 0.2) is 4.67 Å². The normalized spacial score (nSPS) is 11.2. The molecule has 52 valence electrons. The van der Waals surface area contributed by atoms with E-state index in [0.717, 1.165) is 6.42 Å². The van der Waals surface area contributed by atoms with E-state index in [1.165, 1.54) is 6.92 Å². The number of esters is 1. The first-order valence-corrected chi connectivity index (χ1v) is 3.50. The highest BCUT2D eigenvalue weighted by molar-refractivity contribution is 9.11. The Kier molecular flexibility index (Phi) is 4.40. The second kappa shape index (κ2) is 4.56. The Hall–Kier alpha value is -0.310. The minimum atomic E-state index is -0.299. The van der Waals surface area contributed by atoms with Crippen molar-refractivity contribution in [3.63, 3.8) is 0 Å². The molecule has 2 nitrogen and oxygen atoms in total. The lowest BCUT2D eigenvalue weighted by molar-refractivity contribution is -0.135. The summed E-state index contributed by atoms with van der Waals surface area (Å²) in [6.07, 6.45) is 2.63. The van der Waals surface area contributed by atoms with Crippen LogP contribution in [0.2, 0.25) is 0 Å². The average molecular weight is 193 g/mol. The summed E-state index contributed by atoms with van der Waals surface area (Å²) in [5.74, 6) is -0.299. The van der Waals surface area contributed by atoms with Crippen LogP contribution in [0, 0.1) is 0 Å². The molecule has 0 aliphatic heterocycles. The van der Waals surface area contributed by atoms with Gasteiger partial charge in [-0.15, -0.1) is 0 Å². The maximum absolute atomic E-state index is 10.2. The Morgan fingerprint density at radius 3 is 2.67 bits per heavy atom. The molecule has 0 unspecified atom stereocenters. The van der Waals surface area contributed by atoms with Gasteiger partial charge in [0.05, 0.1) is 0 Å². The number of carbonyl (C=O) groups excluding carboxylic acids is 1. The van der Waals surface area contributed by atoms with Crippen molar-refractivity contribution in [1.82, 2.24) is 0 Å². The second-order valence-electron chi connectivity index (χ2n) is 1.51. The van der Waals surface area contributed by atoms with Crippen LogP contribution in [0.1, 0.15) is 20.3 Å². The van der Waals surface area contributed by atoms with Gasteiger partial charge >= 0.3 is 5.97 Å². The van der Waals surface area contributed by atoms with Gasteiger partial charge in [0.1, 0.15) is 0 Å². The van der Waals surface area contributed by atoms with E-state index in [0.29, 0.717) is 4.67 Å². The van der Waals surface area contributed by atoms with Crippen LogP contribution in [0.4, 0.5) is 0 Å². The zero-order valence-corrected chi connectivity index (χ0v) is 7.06. The smallest absolute Gasteiger partial charge is 0.308 e. The van der Waals surface area contributed by atoms with Crippen molar-refractivity contribution in [3.8, 4) is 0 Å². The molecule has 9 heavy (non-hydrogen) atoms. The van der Waals surface area contributed by atoms with Gasteiger partial charge in [-0.3, -0.25) is 4.79 Å². The third-order valence-electron chi connectivity index (χ3n) is 0.606. The van der Waals surface area contributed by atoms with E-state index in [-0.39, 0.29) is 5.97 Å². The number of hydrogen-bond acceptors (Lipinski definition) is 2. The SMILES string of the molecule is CCC=C(Br)OC(C)=O. The molecular weight excluding hydrogens is 184 g/mol. The van der Waals surface area contributed by atoms with Gasteiger partial charge in [-0.2, -0.15) is 0 Å². The highest BCUT2D eigenvalue weighted by Crippen LogP contribution is 2.07. The summed E-state index contributed by atoms with van der Waals surface area (Å²) in [6, 6.07) is 0. The van der Waals surface area contributed by atoms with E-state index in [1.54, 1.807) is 6.08 Å². The van der Waals surface area contributed by atoms with Crippen LogP contribution < -0.4 is 0 Å². The van der Waals surface area contributed by atoms with Crippen LogP contribution in [0.5, 0.6) is 0 Å². The lowest BCUT2D eigenvalue weighted by atomic mass is 10.5. The quantitative estimate of drug-likeness (QED) is 0.496. The molecule has 0 aromatic carbocycles. The summed E-state index contributed by atoms with van der Waals surface area (Å²) in [4.78, 5) is 10.2. The first kappa shape index (κ1) is 8.69. The molecule has 0 saturated heterocycles. The standard InChI is InChI=1S/C6H9BrO2/c1-3-4-6(7)9-5(2)8/h4H,3H2,1-2H3. The van der Waals surface area contributed by atoms with Gasteiger partial charge in [-0.25, -0.2) is 0 Å². The topological polar surface area (TPSA) is 26.3 Å². The van der Waals surface area contributed by atoms with E-state index >= 15 is 0 Å². The zero-order valence-electron chi connectivity index (χ0n) is 5.48. The van der Waals surface area contributed by atoms with Gasteiger partial charge in [0, 0.05) is 6.92 Å². The number of hydrogen-bond donors (Lipinski definition) is 0. The molecule has 0 radical (unpaired) electrons. The van der Waals surface area contributed by atoms with Crippen LogP contribution in [0.3, 0.4) is 0 Å². The highest BCUT2D eigenvalue weighted by Gasteiger charge is 1.93. The van der Waals surface area contributed by atoms with Crippen LogP contribution in [0.25, 0.3) is 0 Å². The van der Waals surface area contributed by atoms with E-state index in [1.807, 2.05) is 6.92 Å². The predicted molar refractivity (Wildman–Crippen MR) is 39.1 cm³/mol. The third-order valence-corrected chi connectivity index (χ3v) is 1.09. The molecule has 0 N–H and O–H groups in total. The van der Waals surface area contributed by atoms with Gasteiger partial charge < -0.3 is 4.74 Å². The summed E-state index contributed by atoms with van der Waals surface area (Å²) in [5, 5.41) is 0. The van der Waals surface area contributed by atoms with Crippen molar-refractivity contribution in [2.24, 2.45) is 0 Å². The maximum atomic E-state index is 10.2. The third kappa shape index (κ3) is 5.56. The molecule has 0 spiro atoms. The maximum Gasteiger partial charge on any atom is 0.308 e. The molecule has 0 aliphatic carbocycles. The van der Waals surface area contributed by atoms with Crippen LogP contribution in [-0.2, 0) is 9.53 Å². The number of halogens is 1. The number of ether oxygens (including phenoxy) is 1. The Morgan fingerprint density at radius 2 is 2.33 bits per heavy atom. The van der Waals surface area contributed by atoms with E-state index in [9.17, 15) is 4.79 Å². The minimum Gasteiger partial charge on any atom is -0.419 e. The summed E-state index contributed by atoms with van der Waals surface area (Å²) >= 11 is 3.06. The molecule has 0 fully saturated rings. The molecule has 0 rings (SSSR count). The van der Waals surface area contributed by atoms with E-state index in [2.05, 4.69) is 20.7 Å². The minimum absolute atomic E-state index is 0.299. The molecule has 0 atom stereocenters. The fraction of sp³-hybridized carbons (Fsp3) is 0.500. The Balaban J connectivity index is 3.62. The molecule has 0 aromatic rings. The molecular formula is C6H9BrO2. The number of allylic oxidation sites excluding steroid dienone is 1. The molecule has 0 heterocycles. The van der Waals surface area contributed by atoms with E-state index in [4.69, 9.17) is 0 Å². The lowest BCUT2D eigenvalue weighted by Crippen LogP contribution is -1.93. The number of carbonyl (C=O) groups is 1. The summed E-state index contributed by atoms with van der Waals surface area (Å²) in [7, 11) is 0. The van der Waals surface area contributed by atoms with Crippen molar-refractivity contribution in [3.05, 3.63) is 10.7 Å². The van der Waals surface area contributed by atoms with Crippen molar-refractivity contribution < 1.29 is 9.53 Å². The van der Waals surface area contributed by atoms with Gasteiger partial charge in [-0.05, 0) is 28.4 Å². The van der Waals surface area contributed by atoms with Crippen molar-refractivity contribution in [1.29, 1.82) is 0 Å². The first-order valence-electron chi connectivity index (χ1n) is 2.71. The molecule has 0 aliphatic rings. The summed E-state index contributed by atoms with van der Waals surface area (Å²) < 4.78 is 5.13. The van der Waals surface area contributed by atoms with E-state index < -0.39 is 0 Å². The van der Waals surface area contributed by atoms with Crippen LogP contribution >= 0.6 is 15.9 Å². The Labute approximate surface area is 63.0 Å². The van der Waals surface area contributed by atoms with Crippen molar-refractivity contribution in [2.75, 3.05) is 0 Å². The van der Waals surface area contributed by atoms with Crippen LogP contribution in [-0.4, -0.2) is 5.97 Å². The Bertz CT molecular complexity index is 129. The van der Waals surface area contributed by atoms with Crippen LogP contribution in [0.15, 0.2) is 10.7 Å². The van der Waals surface area contributed by atoms with Gasteiger partial charge in [-0.1, -0.05) is 6.92 Å². The summed E-state index contributed by atoms with van der Waals surface area (Å²) in [5.41, 5.74) is 0. The first-order chi connectivity index (χ1) is 4.16. The zero-order chi connectivity index (χ0) is 7.28. The highest BCUT2D eigenvalue weighted by atomic mass is 79.9. The van der Waals surface area contributed by atoms with Crippen molar-refractivity contribution in [2.45, 2.75) is 20.3 Å². The van der Waals surface area contributed by atoms with Crippen molar-refractivity contribution >= 4 is 21.9 Å². The largest absolute Gasteiger partial charge is 0.419 e. The average Bonchev–Trinajstić information content (AvgIpc) is 1.63. The molecule has 0 amide bonds. The summed E-state index contributed by atoms with van der Waals surface area (Å²) in [6.45, 7) is 3.33. The molecule has 0 bridgehead atoms. The second-order valence-corrected chi connectivity index (χ2v) is 2.29. The molecule has 0 aromatic heterocycles. The van der Waals surface area contributed by atoms with Gasteiger partial charge in [0.25, 0.3) is 0 Å². The predicted octanol–water partition coefficient (Wildman–Crippen LogP) is 2.20. The molecule has 3 heteroatoms. The fourth-order valence-electron chi connectivity index (χ4n) is 0.339. The fourth-order valence-corrected chi connectivity index (χ4v) is 0.891. The number of rotatable bonds is 2. The van der Waals surface area contributed by atoms with Gasteiger partial charge in [0.2, 0.25) is 0 Å². The monoisotopic (exact) mass is 192 g/mol. The Morgan fingerprint density at radius 1 is 1.78 bits per heavy atom. The lowest BCUT2D eigenvalue weighted by Gasteiger charge is -1.95. The molecule has 0 saturated carbocycles.